The number of methoxy groups -OCH3 is 1. The molecule has 1 N–H and O–H groups in total. The lowest BCUT2D eigenvalue weighted by atomic mass is 10.2. The fourth-order valence-electron chi connectivity index (χ4n) is 1.19. The average molecular weight is 278 g/mol. The van der Waals surface area contributed by atoms with Crippen LogP contribution in [0.15, 0.2) is 21.2 Å². The van der Waals surface area contributed by atoms with E-state index in [1.54, 1.807) is 13.4 Å². The third kappa shape index (κ3) is 3.95. The van der Waals surface area contributed by atoms with Gasteiger partial charge in [-0.05, 0) is 29.0 Å². The minimum atomic E-state index is 0.0613. The quantitative estimate of drug-likeness (QED) is 0.774. The van der Waals surface area contributed by atoms with Gasteiger partial charge in [0.05, 0.1) is 36.6 Å². The summed E-state index contributed by atoms with van der Waals surface area (Å²) in [5.74, 6) is 0.856. The largest absolute Gasteiger partial charge is 0.466 e. The Kier molecular flexibility index (Phi) is 5.93. The van der Waals surface area contributed by atoms with Crippen molar-refractivity contribution < 1.29 is 13.9 Å². The first-order valence-corrected chi connectivity index (χ1v) is 5.55. The Balaban J connectivity index is 2.39. The summed E-state index contributed by atoms with van der Waals surface area (Å²) in [6.07, 6.45) is 1.65. The minimum absolute atomic E-state index is 0.0613. The molecular formula is C10H16BrNO3. The monoisotopic (exact) mass is 277 g/mol. The van der Waals surface area contributed by atoms with E-state index in [0.29, 0.717) is 19.8 Å². The Hall–Kier alpha value is -0.360. The molecule has 1 unspecified atom stereocenters. The zero-order chi connectivity index (χ0) is 11.1. The number of halogens is 1. The Bertz CT molecular complexity index is 277. The van der Waals surface area contributed by atoms with Crippen molar-refractivity contribution in [1.29, 1.82) is 0 Å². The number of nitrogens with one attached hydrogen (secondary N) is 1. The molecule has 1 aromatic heterocycles. The molecule has 0 aromatic carbocycles. The molecular weight excluding hydrogens is 262 g/mol. The van der Waals surface area contributed by atoms with Gasteiger partial charge in [-0.1, -0.05) is 0 Å². The molecule has 0 aliphatic heterocycles. The van der Waals surface area contributed by atoms with E-state index < -0.39 is 0 Å². The molecule has 15 heavy (non-hydrogen) atoms. The second-order valence-electron chi connectivity index (χ2n) is 3.04. The lowest BCUT2D eigenvalue weighted by Crippen LogP contribution is -2.22. The minimum Gasteiger partial charge on any atom is -0.466 e. The summed E-state index contributed by atoms with van der Waals surface area (Å²) in [5.41, 5.74) is 0. The van der Waals surface area contributed by atoms with Crippen LogP contribution < -0.4 is 5.32 Å². The van der Waals surface area contributed by atoms with Gasteiger partial charge in [-0.15, -0.1) is 0 Å². The number of furan rings is 1. The van der Waals surface area contributed by atoms with Crippen LogP contribution in [0.1, 0.15) is 11.8 Å². The number of hydrogen-bond acceptors (Lipinski definition) is 4. The average Bonchev–Trinajstić information content (AvgIpc) is 2.65. The Morgan fingerprint density at radius 3 is 2.87 bits per heavy atom. The van der Waals surface area contributed by atoms with E-state index in [1.165, 1.54) is 0 Å². The first-order valence-electron chi connectivity index (χ1n) is 4.76. The molecule has 0 amide bonds. The zero-order valence-corrected chi connectivity index (χ0v) is 10.5. The van der Waals surface area contributed by atoms with Gasteiger partial charge in [-0.25, -0.2) is 0 Å². The summed E-state index contributed by atoms with van der Waals surface area (Å²) in [5, 5.41) is 3.13. The maximum atomic E-state index is 5.44. The molecule has 0 saturated heterocycles. The highest BCUT2D eigenvalue weighted by molar-refractivity contribution is 9.10. The van der Waals surface area contributed by atoms with E-state index in [4.69, 9.17) is 13.9 Å². The number of likely N-dealkylation sites (N-methyl/N-ethyl adjacent to an activating group) is 1. The third-order valence-corrected chi connectivity index (χ3v) is 2.68. The lowest BCUT2D eigenvalue weighted by Gasteiger charge is -2.14. The van der Waals surface area contributed by atoms with Crippen molar-refractivity contribution in [3.63, 3.8) is 0 Å². The Morgan fingerprint density at radius 1 is 1.53 bits per heavy atom. The molecule has 0 aliphatic rings. The normalized spacial score (nSPS) is 13.0. The van der Waals surface area contributed by atoms with Crippen LogP contribution in [-0.2, 0) is 9.47 Å². The number of rotatable bonds is 7. The van der Waals surface area contributed by atoms with Crippen LogP contribution in [0.2, 0.25) is 0 Å². The van der Waals surface area contributed by atoms with Gasteiger partial charge in [0.15, 0.2) is 0 Å². The van der Waals surface area contributed by atoms with Gasteiger partial charge in [-0.2, -0.15) is 0 Å². The molecule has 1 atom stereocenters. The van der Waals surface area contributed by atoms with Crippen LogP contribution in [-0.4, -0.2) is 34.0 Å². The van der Waals surface area contributed by atoms with Gasteiger partial charge in [0.1, 0.15) is 5.76 Å². The van der Waals surface area contributed by atoms with Gasteiger partial charge < -0.3 is 19.2 Å². The van der Waals surface area contributed by atoms with Crippen LogP contribution >= 0.6 is 15.9 Å². The second kappa shape index (κ2) is 7.00. The van der Waals surface area contributed by atoms with E-state index in [2.05, 4.69) is 21.2 Å². The SMILES string of the molecule is CNC(COCCOC)c1occc1Br. The van der Waals surface area contributed by atoms with Gasteiger partial charge in [0.2, 0.25) is 0 Å². The molecule has 0 spiro atoms. The predicted octanol–water partition coefficient (Wildman–Crippen LogP) is 1.97. The van der Waals surface area contributed by atoms with Gasteiger partial charge in [-0.3, -0.25) is 0 Å². The summed E-state index contributed by atoms with van der Waals surface area (Å²) in [6.45, 7) is 1.76. The molecule has 1 heterocycles. The summed E-state index contributed by atoms with van der Waals surface area (Å²) in [7, 11) is 3.53. The van der Waals surface area contributed by atoms with Crippen molar-refractivity contribution in [3.8, 4) is 0 Å². The number of hydrogen-bond donors (Lipinski definition) is 1. The molecule has 0 bridgehead atoms. The molecule has 1 rings (SSSR count). The van der Waals surface area contributed by atoms with Crippen molar-refractivity contribution in [1.82, 2.24) is 5.32 Å². The summed E-state index contributed by atoms with van der Waals surface area (Å²) in [6, 6.07) is 1.93. The molecule has 4 nitrogen and oxygen atoms in total. The third-order valence-electron chi connectivity index (χ3n) is 2.03. The maximum Gasteiger partial charge on any atom is 0.137 e. The van der Waals surface area contributed by atoms with Crippen LogP contribution in [0.3, 0.4) is 0 Å². The van der Waals surface area contributed by atoms with Gasteiger partial charge >= 0.3 is 0 Å². The van der Waals surface area contributed by atoms with Crippen molar-refractivity contribution >= 4 is 15.9 Å². The van der Waals surface area contributed by atoms with E-state index in [-0.39, 0.29) is 6.04 Å². The Labute approximate surface area is 98.1 Å². The van der Waals surface area contributed by atoms with E-state index in [1.807, 2.05) is 13.1 Å². The smallest absolute Gasteiger partial charge is 0.137 e. The number of ether oxygens (including phenoxy) is 2. The summed E-state index contributed by atoms with van der Waals surface area (Å²) >= 11 is 3.42. The van der Waals surface area contributed by atoms with Gasteiger partial charge in [0.25, 0.3) is 0 Å². The topological polar surface area (TPSA) is 43.6 Å². The molecule has 0 fully saturated rings. The Morgan fingerprint density at radius 2 is 2.33 bits per heavy atom. The van der Waals surface area contributed by atoms with Crippen LogP contribution in [0, 0.1) is 0 Å². The molecule has 86 valence electrons. The highest BCUT2D eigenvalue weighted by Gasteiger charge is 2.15. The van der Waals surface area contributed by atoms with Crippen molar-refractivity contribution in [2.45, 2.75) is 6.04 Å². The molecule has 0 aliphatic carbocycles. The molecule has 1 aromatic rings. The highest BCUT2D eigenvalue weighted by atomic mass is 79.9. The van der Waals surface area contributed by atoms with E-state index in [0.717, 1.165) is 10.2 Å². The van der Waals surface area contributed by atoms with E-state index >= 15 is 0 Å². The first kappa shape index (κ1) is 12.7. The van der Waals surface area contributed by atoms with Crippen molar-refractivity contribution in [3.05, 3.63) is 22.6 Å². The second-order valence-corrected chi connectivity index (χ2v) is 3.90. The summed E-state index contributed by atoms with van der Waals surface area (Å²) < 4.78 is 16.6. The lowest BCUT2D eigenvalue weighted by molar-refractivity contribution is 0.0565. The van der Waals surface area contributed by atoms with Crippen molar-refractivity contribution in [2.24, 2.45) is 0 Å². The van der Waals surface area contributed by atoms with Crippen LogP contribution in [0.5, 0.6) is 0 Å². The fourth-order valence-corrected chi connectivity index (χ4v) is 1.67. The predicted molar refractivity (Wildman–Crippen MR) is 60.9 cm³/mol. The van der Waals surface area contributed by atoms with Crippen LogP contribution in [0.4, 0.5) is 0 Å². The standard InChI is InChI=1S/C10H16BrNO3/c1-12-9(7-14-6-5-13-2)10-8(11)3-4-15-10/h3-4,9,12H,5-7H2,1-2H3. The zero-order valence-electron chi connectivity index (χ0n) is 8.96. The highest BCUT2D eigenvalue weighted by Crippen LogP contribution is 2.24. The molecule has 5 heteroatoms. The van der Waals surface area contributed by atoms with Crippen molar-refractivity contribution in [2.75, 3.05) is 34.0 Å². The molecule has 0 saturated carbocycles. The van der Waals surface area contributed by atoms with Gasteiger partial charge in [0, 0.05) is 7.11 Å². The van der Waals surface area contributed by atoms with E-state index in [9.17, 15) is 0 Å². The first-order chi connectivity index (χ1) is 7.29. The maximum absolute atomic E-state index is 5.44. The fraction of sp³-hybridized carbons (Fsp3) is 0.600. The molecule has 0 radical (unpaired) electrons. The van der Waals surface area contributed by atoms with Crippen LogP contribution in [0.25, 0.3) is 0 Å². The summed E-state index contributed by atoms with van der Waals surface area (Å²) in [4.78, 5) is 0.